The van der Waals surface area contributed by atoms with Crippen LogP contribution >= 0.6 is 0 Å². The molecule has 0 fully saturated rings. The summed E-state index contributed by atoms with van der Waals surface area (Å²) in [5, 5.41) is 0. The minimum absolute atomic E-state index is 1.11. The van der Waals surface area contributed by atoms with Gasteiger partial charge in [0, 0.05) is 0 Å². The van der Waals surface area contributed by atoms with Crippen LogP contribution in [-0.4, -0.2) is 0 Å². The van der Waals surface area contributed by atoms with E-state index in [9.17, 15) is 0 Å². The average Bonchev–Trinajstić information content (AvgIpc) is 2.32. The van der Waals surface area contributed by atoms with Crippen LogP contribution in [-0.2, 0) is 0 Å². The molecule has 0 bridgehead atoms. The summed E-state index contributed by atoms with van der Waals surface area (Å²) in [4.78, 5) is 0. The average molecular weight is 210 g/mol. The third kappa shape index (κ3) is 4.14. The Kier molecular flexibility index (Phi) is 5.07. The third-order valence-electron chi connectivity index (χ3n) is 2.26. The molecule has 16 heavy (non-hydrogen) atoms. The van der Waals surface area contributed by atoms with Crippen molar-refractivity contribution in [2.75, 3.05) is 0 Å². The smallest absolute Gasteiger partial charge is 0.0256 e. The van der Waals surface area contributed by atoms with E-state index < -0.39 is 0 Å². The Morgan fingerprint density at radius 2 is 1.88 bits per heavy atom. The van der Waals surface area contributed by atoms with E-state index in [0.717, 1.165) is 5.57 Å². The van der Waals surface area contributed by atoms with Crippen molar-refractivity contribution in [3.63, 3.8) is 0 Å². The van der Waals surface area contributed by atoms with E-state index >= 15 is 0 Å². The second-order valence-electron chi connectivity index (χ2n) is 3.64. The molecular weight excluding hydrogens is 192 g/mol. The molecule has 0 atom stereocenters. The van der Waals surface area contributed by atoms with Crippen LogP contribution in [0.5, 0.6) is 0 Å². The first kappa shape index (κ1) is 12.3. The van der Waals surface area contributed by atoms with Gasteiger partial charge in [0.15, 0.2) is 0 Å². The maximum Gasteiger partial charge on any atom is -0.0256 e. The van der Waals surface area contributed by atoms with Crippen molar-refractivity contribution < 1.29 is 0 Å². The zero-order valence-corrected chi connectivity index (χ0v) is 9.98. The van der Waals surface area contributed by atoms with Gasteiger partial charge in [-0.25, -0.2) is 0 Å². The number of allylic oxidation sites excluding steroid dienone is 6. The number of hydrogen-bond acceptors (Lipinski definition) is 0. The van der Waals surface area contributed by atoms with Crippen LogP contribution in [0.3, 0.4) is 0 Å². The molecule has 0 heterocycles. The monoisotopic (exact) mass is 210 g/mol. The minimum atomic E-state index is 1.11. The van der Waals surface area contributed by atoms with Gasteiger partial charge in [0.1, 0.15) is 0 Å². The minimum Gasteiger partial charge on any atom is -0.0985 e. The van der Waals surface area contributed by atoms with Gasteiger partial charge >= 0.3 is 0 Å². The zero-order valence-electron chi connectivity index (χ0n) is 9.98. The summed E-state index contributed by atoms with van der Waals surface area (Å²) in [6.07, 6.45) is 12.1. The van der Waals surface area contributed by atoms with Gasteiger partial charge in [0.05, 0.1) is 0 Å². The second kappa shape index (κ2) is 6.62. The van der Waals surface area contributed by atoms with E-state index in [2.05, 4.69) is 49.9 Å². The predicted molar refractivity (Wildman–Crippen MR) is 73.3 cm³/mol. The molecule has 0 unspecified atom stereocenters. The van der Waals surface area contributed by atoms with Crippen LogP contribution in [0.1, 0.15) is 18.1 Å². The number of aryl methyl sites for hydroxylation is 1. The molecule has 1 aromatic rings. The normalized spacial score (nSPS) is 12.5. The highest BCUT2D eigenvalue weighted by molar-refractivity contribution is 5.55. The molecule has 0 aliphatic rings. The maximum atomic E-state index is 3.79. The van der Waals surface area contributed by atoms with Crippen molar-refractivity contribution in [2.24, 2.45) is 0 Å². The van der Waals surface area contributed by atoms with Gasteiger partial charge in [-0.3, -0.25) is 0 Å². The highest BCUT2D eigenvalue weighted by atomic mass is 13.9. The number of benzene rings is 1. The molecule has 1 rings (SSSR count). The van der Waals surface area contributed by atoms with Gasteiger partial charge in [-0.1, -0.05) is 72.9 Å². The molecule has 1 aromatic carbocycles. The lowest BCUT2D eigenvalue weighted by molar-refractivity contribution is 1.46. The quantitative estimate of drug-likeness (QED) is 0.632. The molecule has 0 saturated heterocycles. The molecule has 0 saturated carbocycles. The van der Waals surface area contributed by atoms with E-state index in [-0.39, 0.29) is 0 Å². The summed E-state index contributed by atoms with van der Waals surface area (Å²) in [5.74, 6) is 0. The second-order valence-corrected chi connectivity index (χ2v) is 3.64. The van der Waals surface area contributed by atoms with Crippen molar-refractivity contribution in [2.45, 2.75) is 13.8 Å². The molecule has 0 spiro atoms. The van der Waals surface area contributed by atoms with E-state index in [1.807, 2.05) is 31.2 Å². The summed E-state index contributed by atoms with van der Waals surface area (Å²) in [6, 6.07) is 8.45. The molecule has 0 nitrogen and oxygen atoms in total. The molecule has 0 aliphatic carbocycles. The Hall–Kier alpha value is -1.82. The standard InChI is InChI=1S/C16H18/c1-4-6-7-15(5-2)12-13-16-10-8-14(3)9-11-16/h4-13H,2H2,1,3H3/b6-4-,13-12+,15-7+. The molecule has 0 amide bonds. The molecule has 0 aliphatic heterocycles. The summed E-state index contributed by atoms with van der Waals surface area (Å²) >= 11 is 0. The Balaban J connectivity index is 2.78. The fourth-order valence-corrected chi connectivity index (χ4v) is 1.27. The van der Waals surface area contributed by atoms with Crippen molar-refractivity contribution in [3.8, 4) is 0 Å². The molecule has 0 heteroatoms. The predicted octanol–water partition coefficient (Wildman–Crippen LogP) is 4.70. The largest absolute Gasteiger partial charge is 0.0985 e. The lowest BCUT2D eigenvalue weighted by atomic mass is 10.1. The Morgan fingerprint density at radius 3 is 2.44 bits per heavy atom. The summed E-state index contributed by atoms with van der Waals surface area (Å²) < 4.78 is 0. The van der Waals surface area contributed by atoms with E-state index in [1.54, 1.807) is 0 Å². The van der Waals surface area contributed by atoms with Crippen LogP contribution in [0.15, 0.2) is 66.8 Å². The Labute approximate surface area is 98.3 Å². The summed E-state index contributed by atoms with van der Waals surface area (Å²) in [7, 11) is 0. The van der Waals surface area contributed by atoms with Gasteiger partial charge in [0.25, 0.3) is 0 Å². The van der Waals surface area contributed by atoms with Gasteiger partial charge in [-0.15, -0.1) is 0 Å². The van der Waals surface area contributed by atoms with Crippen LogP contribution in [0.25, 0.3) is 6.08 Å². The highest BCUT2D eigenvalue weighted by Gasteiger charge is 1.87. The van der Waals surface area contributed by atoms with Crippen molar-refractivity contribution >= 4 is 6.08 Å². The molecule has 0 aromatic heterocycles. The number of hydrogen-bond donors (Lipinski definition) is 0. The fourth-order valence-electron chi connectivity index (χ4n) is 1.27. The SMILES string of the molecule is C=CC(/C=C/c1ccc(C)cc1)=C\C=C/C. The third-order valence-corrected chi connectivity index (χ3v) is 2.26. The molecular formula is C16H18. The van der Waals surface area contributed by atoms with Crippen LogP contribution in [0, 0.1) is 6.92 Å². The zero-order chi connectivity index (χ0) is 11.8. The lowest BCUT2D eigenvalue weighted by Crippen LogP contribution is -1.74. The van der Waals surface area contributed by atoms with Gasteiger partial charge in [-0.2, -0.15) is 0 Å². The van der Waals surface area contributed by atoms with Crippen LogP contribution in [0.4, 0.5) is 0 Å². The van der Waals surface area contributed by atoms with Crippen molar-refractivity contribution in [3.05, 3.63) is 77.9 Å². The fraction of sp³-hybridized carbons (Fsp3) is 0.125. The molecule has 0 N–H and O–H groups in total. The van der Waals surface area contributed by atoms with E-state index in [4.69, 9.17) is 0 Å². The number of rotatable bonds is 4. The van der Waals surface area contributed by atoms with Crippen molar-refractivity contribution in [1.29, 1.82) is 0 Å². The first-order valence-corrected chi connectivity index (χ1v) is 5.46. The topological polar surface area (TPSA) is 0 Å². The van der Waals surface area contributed by atoms with Crippen LogP contribution in [0.2, 0.25) is 0 Å². The lowest BCUT2D eigenvalue weighted by Gasteiger charge is -1.95. The Morgan fingerprint density at radius 1 is 1.19 bits per heavy atom. The van der Waals surface area contributed by atoms with Gasteiger partial charge < -0.3 is 0 Å². The molecule has 0 radical (unpaired) electrons. The van der Waals surface area contributed by atoms with Crippen molar-refractivity contribution in [1.82, 2.24) is 0 Å². The first-order valence-electron chi connectivity index (χ1n) is 5.46. The van der Waals surface area contributed by atoms with E-state index in [0.29, 0.717) is 0 Å². The van der Waals surface area contributed by atoms with E-state index in [1.165, 1.54) is 11.1 Å². The highest BCUT2D eigenvalue weighted by Crippen LogP contribution is 2.08. The maximum absolute atomic E-state index is 3.79. The molecule has 82 valence electrons. The van der Waals surface area contributed by atoms with Gasteiger partial charge in [-0.05, 0) is 25.0 Å². The summed E-state index contributed by atoms with van der Waals surface area (Å²) in [5.41, 5.74) is 3.60. The van der Waals surface area contributed by atoms with Crippen LogP contribution < -0.4 is 0 Å². The first-order chi connectivity index (χ1) is 7.76. The Bertz CT molecular complexity index is 414. The summed E-state index contributed by atoms with van der Waals surface area (Å²) in [6.45, 7) is 7.88. The van der Waals surface area contributed by atoms with Gasteiger partial charge in [0.2, 0.25) is 0 Å².